The van der Waals surface area contributed by atoms with Crippen molar-refractivity contribution < 1.29 is 9.15 Å². The van der Waals surface area contributed by atoms with Crippen LogP contribution in [0, 0.1) is 0 Å². The molecule has 2 rings (SSSR count). The quantitative estimate of drug-likeness (QED) is 0.566. The topological polar surface area (TPSA) is 60.4 Å². The van der Waals surface area contributed by atoms with Crippen molar-refractivity contribution in [2.45, 2.75) is 31.4 Å². The maximum absolute atomic E-state index is 5.67. The minimum Gasteiger partial charge on any atom is -0.472 e. The second-order valence-corrected chi connectivity index (χ2v) is 3.61. The van der Waals surface area contributed by atoms with E-state index >= 15 is 0 Å². The Hall–Kier alpha value is -0.840. The average Bonchev–Trinajstić information content (AvgIpc) is 2.74. The zero-order valence-corrected chi connectivity index (χ0v) is 8.11. The van der Waals surface area contributed by atoms with E-state index in [1.165, 1.54) is 6.42 Å². The highest BCUT2D eigenvalue weighted by Crippen LogP contribution is 2.25. The monoisotopic (exact) mass is 196 g/mol. The van der Waals surface area contributed by atoms with Crippen molar-refractivity contribution in [1.82, 2.24) is 5.43 Å². The fourth-order valence-electron chi connectivity index (χ4n) is 1.90. The van der Waals surface area contributed by atoms with Gasteiger partial charge in [-0.25, -0.2) is 0 Å². The van der Waals surface area contributed by atoms with E-state index in [1.54, 1.807) is 12.5 Å². The Balaban J connectivity index is 2.04. The van der Waals surface area contributed by atoms with Gasteiger partial charge in [-0.3, -0.25) is 11.3 Å². The molecule has 1 aromatic rings. The Morgan fingerprint density at radius 1 is 1.50 bits per heavy atom. The van der Waals surface area contributed by atoms with Gasteiger partial charge in [0.05, 0.1) is 24.7 Å². The zero-order valence-electron chi connectivity index (χ0n) is 8.11. The Kier molecular flexibility index (Phi) is 3.18. The Morgan fingerprint density at radius 3 is 3.00 bits per heavy atom. The largest absolute Gasteiger partial charge is 0.472 e. The van der Waals surface area contributed by atoms with Crippen LogP contribution in [0.25, 0.3) is 0 Å². The van der Waals surface area contributed by atoms with Gasteiger partial charge in [0, 0.05) is 12.2 Å². The molecule has 1 aliphatic rings. The second kappa shape index (κ2) is 4.59. The van der Waals surface area contributed by atoms with E-state index < -0.39 is 0 Å². The second-order valence-electron chi connectivity index (χ2n) is 3.61. The van der Waals surface area contributed by atoms with Crippen molar-refractivity contribution in [3.05, 3.63) is 24.2 Å². The van der Waals surface area contributed by atoms with Gasteiger partial charge in [-0.2, -0.15) is 0 Å². The predicted molar refractivity (Wildman–Crippen MR) is 52.4 cm³/mol. The molecule has 0 saturated carbocycles. The molecule has 4 heteroatoms. The molecule has 2 heterocycles. The lowest BCUT2D eigenvalue weighted by Crippen LogP contribution is -2.39. The summed E-state index contributed by atoms with van der Waals surface area (Å²) in [6.45, 7) is 0.834. The van der Waals surface area contributed by atoms with Crippen molar-refractivity contribution in [2.24, 2.45) is 5.84 Å². The maximum atomic E-state index is 5.67. The smallest absolute Gasteiger partial charge is 0.0951 e. The third-order valence-electron chi connectivity index (χ3n) is 2.67. The highest BCUT2D eigenvalue weighted by atomic mass is 16.5. The summed E-state index contributed by atoms with van der Waals surface area (Å²) in [6, 6.07) is 1.97. The SMILES string of the molecule is NNC(c1ccoc1)C1CCCCO1. The van der Waals surface area contributed by atoms with E-state index in [1.807, 2.05) is 6.07 Å². The van der Waals surface area contributed by atoms with E-state index in [4.69, 9.17) is 15.0 Å². The van der Waals surface area contributed by atoms with Crippen molar-refractivity contribution >= 4 is 0 Å². The van der Waals surface area contributed by atoms with E-state index in [0.717, 1.165) is 25.0 Å². The summed E-state index contributed by atoms with van der Waals surface area (Å²) < 4.78 is 10.7. The first-order chi connectivity index (χ1) is 6.92. The minimum atomic E-state index is 0.0500. The lowest BCUT2D eigenvalue weighted by Gasteiger charge is -2.29. The first-order valence-corrected chi connectivity index (χ1v) is 5.01. The van der Waals surface area contributed by atoms with Crippen LogP contribution in [-0.4, -0.2) is 12.7 Å². The molecule has 14 heavy (non-hydrogen) atoms. The summed E-state index contributed by atoms with van der Waals surface area (Å²) in [5, 5.41) is 0. The molecule has 0 bridgehead atoms. The first-order valence-electron chi connectivity index (χ1n) is 5.01. The van der Waals surface area contributed by atoms with Gasteiger partial charge in [-0.15, -0.1) is 0 Å². The Bertz CT molecular complexity index is 255. The maximum Gasteiger partial charge on any atom is 0.0951 e. The summed E-state index contributed by atoms with van der Waals surface area (Å²) >= 11 is 0. The van der Waals surface area contributed by atoms with Gasteiger partial charge >= 0.3 is 0 Å². The molecular weight excluding hydrogens is 180 g/mol. The molecule has 0 aliphatic carbocycles. The molecule has 1 fully saturated rings. The van der Waals surface area contributed by atoms with Crippen molar-refractivity contribution in [3.8, 4) is 0 Å². The van der Waals surface area contributed by atoms with Crippen LogP contribution in [0.3, 0.4) is 0 Å². The number of furan rings is 1. The highest BCUT2D eigenvalue weighted by Gasteiger charge is 2.25. The first kappa shape index (κ1) is 9.71. The van der Waals surface area contributed by atoms with Crippen molar-refractivity contribution in [2.75, 3.05) is 6.61 Å². The fraction of sp³-hybridized carbons (Fsp3) is 0.600. The van der Waals surface area contributed by atoms with Crippen molar-refractivity contribution in [3.63, 3.8) is 0 Å². The van der Waals surface area contributed by atoms with Crippen LogP contribution in [0.2, 0.25) is 0 Å². The van der Waals surface area contributed by atoms with E-state index in [0.29, 0.717) is 0 Å². The summed E-state index contributed by atoms with van der Waals surface area (Å²) in [6.07, 6.45) is 6.96. The van der Waals surface area contributed by atoms with Crippen LogP contribution in [0.15, 0.2) is 23.0 Å². The minimum absolute atomic E-state index is 0.0500. The van der Waals surface area contributed by atoms with Crippen LogP contribution in [0.4, 0.5) is 0 Å². The standard InChI is InChI=1S/C10H16N2O2/c11-12-10(8-4-6-13-7-8)9-3-1-2-5-14-9/h4,6-7,9-10,12H,1-3,5,11H2. The van der Waals surface area contributed by atoms with Crippen LogP contribution >= 0.6 is 0 Å². The van der Waals surface area contributed by atoms with Crippen LogP contribution in [0.1, 0.15) is 30.9 Å². The van der Waals surface area contributed by atoms with Crippen LogP contribution in [0.5, 0.6) is 0 Å². The summed E-state index contributed by atoms with van der Waals surface area (Å²) in [5.74, 6) is 5.52. The van der Waals surface area contributed by atoms with E-state index in [9.17, 15) is 0 Å². The molecule has 0 radical (unpaired) electrons. The molecule has 1 aliphatic heterocycles. The Morgan fingerprint density at radius 2 is 2.43 bits per heavy atom. The molecule has 2 atom stereocenters. The number of rotatable bonds is 3. The van der Waals surface area contributed by atoms with Gasteiger partial charge in [-0.05, 0) is 25.3 Å². The summed E-state index contributed by atoms with van der Waals surface area (Å²) in [5.41, 5.74) is 3.84. The van der Waals surface area contributed by atoms with Gasteiger partial charge in [0.25, 0.3) is 0 Å². The molecule has 0 spiro atoms. The normalized spacial score (nSPS) is 24.8. The van der Waals surface area contributed by atoms with Gasteiger partial charge in [0.15, 0.2) is 0 Å². The summed E-state index contributed by atoms with van der Waals surface area (Å²) in [7, 11) is 0. The van der Waals surface area contributed by atoms with Crippen LogP contribution < -0.4 is 11.3 Å². The molecule has 1 saturated heterocycles. The molecule has 3 N–H and O–H groups in total. The lowest BCUT2D eigenvalue weighted by atomic mass is 9.98. The summed E-state index contributed by atoms with van der Waals surface area (Å²) in [4.78, 5) is 0. The molecule has 0 amide bonds. The molecule has 4 nitrogen and oxygen atoms in total. The third-order valence-corrected chi connectivity index (χ3v) is 2.67. The van der Waals surface area contributed by atoms with Gasteiger partial charge in [-0.1, -0.05) is 0 Å². The zero-order chi connectivity index (χ0) is 9.80. The van der Waals surface area contributed by atoms with E-state index in [2.05, 4.69) is 5.43 Å². The third kappa shape index (κ3) is 1.97. The van der Waals surface area contributed by atoms with Crippen molar-refractivity contribution in [1.29, 1.82) is 0 Å². The molecule has 0 aromatic carbocycles. The number of nitrogens with two attached hydrogens (primary N) is 1. The van der Waals surface area contributed by atoms with E-state index in [-0.39, 0.29) is 12.1 Å². The fourth-order valence-corrected chi connectivity index (χ4v) is 1.90. The predicted octanol–water partition coefficient (Wildman–Crippen LogP) is 1.35. The molecular formula is C10H16N2O2. The number of nitrogens with one attached hydrogen (secondary N) is 1. The number of hydrogen-bond donors (Lipinski definition) is 2. The molecule has 78 valence electrons. The molecule has 2 unspecified atom stereocenters. The van der Waals surface area contributed by atoms with Gasteiger partial charge < -0.3 is 9.15 Å². The Labute approximate surface area is 83.4 Å². The number of ether oxygens (including phenoxy) is 1. The number of hydrazine groups is 1. The number of hydrogen-bond acceptors (Lipinski definition) is 4. The van der Waals surface area contributed by atoms with Gasteiger partial charge in [0.2, 0.25) is 0 Å². The van der Waals surface area contributed by atoms with Gasteiger partial charge in [0.1, 0.15) is 0 Å². The highest BCUT2D eigenvalue weighted by molar-refractivity contribution is 5.13. The van der Waals surface area contributed by atoms with Crippen LogP contribution in [-0.2, 0) is 4.74 Å². The lowest BCUT2D eigenvalue weighted by molar-refractivity contribution is -0.00833. The average molecular weight is 196 g/mol. The molecule has 1 aromatic heterocycles.